The summed E-state index contributed by atoms with van der Waals surface area (Å²) < 4.78 is 33.3. The molecule has 0 radical (unpaired) electrons. The Morgan fingerprint density at radius 3 is 2.70 bits per heavy atom. The zero-order valence-electron chi connectivity index (χ0n) is 17.7. The van der Waals surface area contributed by atoms with Gasteiger partial charge in [0.15, 0.2) is 0 Å². The largest absolute Gasteiger partial charge is 0.352 e. The smallest absolute Gasteiger partial charge is 0.252 e. The molecule has 11 heteroatoms. The molecule has 2 aliphatic rings. The minimum Gasteiger partial charge on any atom is -0.352 e. The van der Waals surface area contributed by atoms with Crippen LogP contribution in [0.1, 0.15) is 43.1 Å². The summed E-state index contributed by atoms with van der Waals surface area (Å²) in [6, 6.07) is 8.97. The van der Waals surface area contributed by atoms with Gasteiger partial charge in [-0.2, -0.15) is 9.29 Å². The van der Waals surface area contributed by atoms with Crippen molar-refractivity contribution >= 4 is 38.9 Å². The third-order valence-corrected chi connectivity index (χ3v) is 9.71. The summed E-state index contributed by atoms with van der Waals surface area (Å²) >= 11 is 7.29. The number of amides is 1. The fourth-order valence-electron chi connectivity index (χ4n) is 3.87. The summed E-state index contributed by atoms with van der Waals surface area (Å²) in [5.41, 5.74) is 1.50. The lowest BCUT2D eigenvalue weighted by molar-refractivity contribution is -0.126. The van der Waals surface area contributed by atoms with Gasteiger partial charge in [-0.1, -0.05) is 35.0 Å². The van der Waals surface area contributed by atoms with Crippen molar-refractivity contribution in [2.45, 2.75) is 42.4 Å². The predicted octanol–water partition coefficient (Wildman–Crippen LogP) is 4.05. The van der Waals surface area contributed by atoms with E-state index in [-0.39, 0.29) is 16.0 Å². The maximum atomic E-state index is 13.1. The van der Waals surface area contributed by atoms with Gasteiger partial charge in [-0.25, -0.2) is 8.42 Å². The van der Waals surface area contributed by atoms with E-state index in [2.05, 4.69) is 15.5 Å². The van der Waals surface area contributed by atoms with Crippen molar-refractivity contribution in [2.24, 2.45) is 5.92 Å². The monoisotopic (exact) mass is 506 g/mol. The zero-order chi connectivity index (χ0) is 23.0. The number of thiophene rings is 1. The number of hydrogen-bond donors (Lipinski definition) is 1. The van der Waals surface area contributed by atoms with E-state index < -0.39 is 10.0 Å². The van der Waals surface area contributed by atoms with Crippen LogP contribution in [0.3, 0.4) is 0 Å². The second kappa shape index (κ2) is 9.17. The lowest BCUT2D eigenvalue weighted by atomic mass is 9.97. The number of hydrogen-bond acceptors (Lipinski definition) is 7. The standard InChI is InChI=1S/C22H23ClN4O4S2/c23-18-4-2-1-3-16(18)12-24-21(28)14-7-9-27(10-8-14)33(29,30)19-11-17(13-32-19)20-25-22(31-26-20)15-5-6-15/h1-4,11,13-15H,5-10,12H2,(H,24,28). The number of benzene rings is 1. The maximum Gasteiger partial charge on any atom is 0.252 e. The molecule has 0 bridgehead atoms. The number of sulfonamides is 1. The molecule has 1 amide bonds. The molecule has 1 aromatic carbocycles. The van der Waals surface area contributed by atoms with Crippen molar-refractivity contribution in [1.29, 1.82) is 0 Å². The van der Waals surface area contributed by atoms with Crippen LogP contribution in [0.15, 0.2) is 44.4 Å². The second-order valence-electron chi connectivity index (χ2n) is 8.37. The van der Waals surface area contributed by atoms with E-state index in [1.807, 2.05) is 18.2 Å². The highest BCUT2D eigenvalue weighted by Gasteiger charge is 2.34. The SMILES string of the molecule is O=C(NCc1ccccc1Cl)C1CCN(S(=O)(=O)c2cc(-c3noc(C4CC4)n3)cs2)CC1. The first kappa shape index (κ1) is 22.5. The third-order valence-electron chi connectivity index (χ3n) is 6.03. The number of rotatable bonds is 7. The molecule has 174 valence electrons. The number of nitrogens with one attached hydrogen (secondary N) is 1. The molecule has 3 heterocycles. The summed E-state index contributed by atoms with van der Waals surface area (Å²) in [5.74, 6) is 1.09. The number of aromatic nitrogens is 2. The molecular formula is C22H23ClN4O4S2. The Labute approximate surface area is 201 Å². The van der Waals surface area contributed by atoms with Gasteiger partial charge in [-0.3, -0.25) is 4.79 Å². The summed E-state index contributed by atoms with van der Waals surface area (Å²) in [5, 5.41) is 9.26. The Morgan fingerprint density at radius 2 is 1.97 bits per heavy atom. The van der Waals surface area contributed by atoms with Gasteiger partial charge in [0.1, 0.15) is 4.21 Å². The number of piperidine rings is 1. The highest BCUT2D eigenvalue weighted by Crippen LogP contribution is 2.40. The van der Waals surface area contributed by atoms with Gasteiger partial charge in [0.25, 0.3) is 10.0 Å². The van der Waals surface area contributed by atoms with E-state index in [9.17, 15) is 13.2 Å². The Hall–Kier alpha value is -2.27. The average molecular weight is 507 g/mol. The fourth-order valence-corrected chi connectivity index (χ4v) is 6.85. The first-order valence-electron chi connectivity index (χ1n) is 10.9. The van der Waals surface area contributed by atoms with Crippen molar-refractivity contribution in [3.63, 3.8) is 0 Å². The number of halogens is 1. The Morgan fingerprint density at radius 1 is 1.21 bits per heavy atom. The maximum absolute atomic E-state index is 13.1. The molecule has 1 aliphatic carbocycles. The average Bonchev–Trinajstić information content (AvgIpc) is 3.33. The third kappa shape index (κ3) is 4.84. The second-order valence-corrected chi connectivity index (χ2v) is 11.9. The molecule has 1 saturated carbocycles. The van der Waals surface area contributed by atoms with Gasteiger partial charge < -0.3 is 9.84 Å². The molecule has 5 rings (SSSR count). The highest BCUT2D eigenvalue weighted by atomic mass is 35.5. The predicted molar refractivity (Wildman–Crippen MR) is 124 cm³/mol. The molecule has 33 heavy (non-hydrogen) atoms. The van der Waals surface area contributed by atoms with Crippen LogP contribution in [0, 0.1) is 5.92 Å². The van der Waals surface area contributed by atoms with E-state index >= 15 is 0 Å². The van der Waals surface area contributed by atoms with E-state index in [0.717, 1.165) is 29.7 Å². The first-order valence-corrected chi connectivity index (χ1v) is 13.6. The van der Waals surface area contributed by atoms with Gasteiger partial charge in [-0.05, 0) is 43.4 Å². The van der Waals surface area contributed by atoms with E-state index in [4.69, 9.17) is 16.1 Å². The minimum atomic E-state index is -3.64. The van der Waals surface area contributed by atoms with Gasteiger partial charge in [0, 0.05) is 47.4 Å². The van der Waals surface area contributed by atoms with E-state index in [0.29, 0.717) is 60.7 Å². The minimum absolute atomic E-state index is 0.0750. The van der Waals surface area contributed by atoms with Crippen molar-refractivity contribution in [3.05, 3.63) is 52.2 Å². The lowest BCUT2D eigenvalue weighted by Gasteiger charge is -2.30. The summed E-state index contributed by atoms with van der Waals surface area (Å²) in [6.45, 7) is 0.953. The lowest BCUT2D eigenvalue weighted by Crippen LogP contribution is -2.42. The topological polar surface area (TPSA) is 105 Å². The molecule has 0 atom stereocenters. The Balaban J connectivity index is 1.18. The van der Waals surface area contributed by atoms with Crippen molar-refractivity contribution in [2.75, 3.05) is 13.1 Å². The Bertz CT molecular complexity index is 1260. The molecule has 2 aromatic heterocycles. The van der Waals surface area contributed by atoms with Crippen LogP contribution in [0.5, 0.6) is 0 Å². The molecule has 0 unspecified atom stereocenters. The Kier molecular flexibility index (Phi) is 6.26. The van der Waals surface area contributed by atoms with E-state index in [1.165, 1.54) is 4.31 Å². The molecule has 1 N–H and O–H groups in total. The van der Waals surface area contributed by atoms with Crippen LogP contribution in [0.4, 0.5) is 0 Å². The van der Waals surface area contributed by atoms with Gasteiger partial charge in [-0.15, -0.1) is 11.3 Å². The molecule has 1 aliphatic heterocycles. The zero-order valence-corrected chi connectivity index (χ0v) is 20.1. The van der Waals surface area contributed by atoms with Crippen LogP contribution in [-0.4, -0.2) is 41.9 Å². The number of carbonyl (C=O) groups excluding carboxylic acids is 1. The number of nitrogens with zero attached hydrogens (tertiary/aromatic N) is 3. The van der Waals surface area contributed by atoms with Crippen LogP contribution >= 0.6 is 22.9 Å². The van der Waals surface area contributed by atoms with Crippen molar-refractivity contribution < 1.29 is 17.7 Å². The molecule has 1 saturated heterocycles. The first-order chi connectivity index (χ1) is 15.9. The molecule has 0 spiro atoms. The van der Waals surface area contributed by atoms with Crippen molar-refractivity contribution in [3.8, 4) is 11.4 Å². The van der Waals surface area contributed by atoms with Crippen LogP contribution in [0.25, 0.3) is 11.4 Å². The molecule has 8 nitrogen and oxygen atoms in total. The van der Waals surface area contributed by atoms with Crippen LogP contribution < -0.4 is 5.32 Å². The molecular weight excluding hydrogens is 484 g/mol. The molecule has 2 fully saturated rings. The van der Waals surface area contributed by atoms with Crippen molar-refractivity contribution in [1.82, 2.24) is 19.8 Å². The summed E-state index contributed by atoms with van der Waals surface area (Å²) in [7, 11) is -3.64. The number of carbonyl (C=O) groups is 1. The summed E-state index contributed by atoms with van der Waals surface area (Å²) in [4.78, 5) is 17.0. The van der Waals surface area contributed by atoms with Gasteiger partial charge in [0.2, 0.25) is 17.6 Å². The summed E-state index contributed by atoms with van der Waals surface area (Å²) in [6.07, 6.45) is 3.06. The van der Waals surface area contributed by atoms with E-state index in [1.54, 1.807) is 17.5 Å². The van der Waals surface area contributed by atoms with Gasteiger partial charge >= 0.3 is 0 Å². The fraction of sp³-hybridized carbons (Fsp3) is 0.409. The van der Waals surface area contributed by atoms with Crippen LogP contribution in [-0.2, 0) is 21.4 Å². The quantitative estimate of drug-likeness (QED) is 0.518. The molecule has 3 aromatic rings. The van der Waals surface area contributed by atoms with Gasteiger partial charge in [0.05, 0.1) is 0 Å². The highest BCUT2D eigenvalue weighted by molar-refractivity contribution is 7.91. The van der Waals surface area contributed by atoms with Crippen LogP contribution in [0.2, 0.25) is 5.02 Å². The normalized spacial score (nSPS) is 17.8.